The van der Waals surface area contributed by atoms with Crippen LogP contribution in [-0.4, -0.2) is 29.3 Å². The third-order valence-corrected chi connectivity index (χ3v) is 4.32. The highest BCUT2D eigenvalue weighted by atomic mass is 32.1. The van der Waals surface area contributed by atoms with E-state index in [1.807, 2.05) is 6.92 Å². The number of aliphatic hydroxyl groups is 1. The first kappa shape index (κ1) is 11.6. The molecular weight excluding hydrogens is 226 g/mol. The van der Waals surface area contributed by atoms with Crippen LogP contribution in [0.5, 0.6) is 0 Å². The van der Waals surface area contributed by atoms with Crippen molar-refractivity contribution in [2.24, 2.45) is 5.92 Å². The van der Waals surface area contributed by atoms with Gasteiger partial charge in [0.15, 0.2) is 0 Å². The second-order valence-electron chi connectivity index (χ2n) is 4.25. The van der Waals surface area contributed by atoms with Crippen LogP contribution in [0.4, 0.5) is 0 Å². The zero-order chi connectivity index (χ0) is 11.8. The lowest BCUT2D eigenvalue weighted by Gasteiger charge is -2.38. The van der Waals surface area contributed by atoms with Crippen LogP contribution in [-0.2, 0) is 5.60 Å². The summed E-state index contributed by atoms with van der Waals surface area (Å²) in [5.74, 6) is -0.937. The molecular formula is C11H15NO3S. The van der Waals surface area contributed by atoms with Gasteiger partial charge in [0, 0.05) is 12.5 Å². The average Bonchev–Trinajstić information content (AvgIpc) is 2.72. The Morgan fingerprint density at radius 2 is 2.44 bits per heavy atom. The Bertz CT molecular complexity index is 404. The van der Waals surface area contributed by atoms with Crippen molar-refractivity contribution in [2.75, 3.05) is 13.1 Å². The van der Waals surface area contributed by atoms with Crippen LogP contribution in [0, 0.1) is 5.92 Å². The Morgan fingerprint density at radius 1 is 1.69 bits per heavy atom. The van der Waals surface area contributed by atoms with Crippen LogP contribution in [0.2, 0.25) is 0 Å². The largest absolute Gasteiger partial charge is 0.478 e. The Labute approximate surface area is 97.9 Å². The normalized spacial score (nSPS) is 30.2. The van der Waals surface area contributed by atoms with Gasteiger partial charge in [0.25, 0.3) is 0 Å². The minimum atomic E-state index is -0.993. The van der Waals surface area contributed by atoms with Gasteiger partial charge in [-0.3, -0.25) is 0 Å². The summed E-state index contributed by atoms with van der Waals surface area (Å²) in [5.41, 5.74) is -0.756. The van der Waals surface area contributed by atoms with E-state index in [0.717, 1.165) is 6.54 Å². The third kappa shape index (κ3) is 1.75. The molecule has 2 unspecified atom stereocenters. The molecule has 1 aliphatic rings. The minimum Gasteiger partial charge on any atom is -0.478 e. The maximum absolute atomic E-state index is 11.1. The molecule has 5 heteroatoms. The van der Waals surface area contributed by atoms with E-state index in [4.69, 9.17) is 5.11 Å². The van der Waals surface area contributed by atoms with Gasteiger partial charge in [-0.15, -0.1) is 11.3 Å². The maximum atomic E-state index is 11.1. The molecule has 2 heterocycles. The van der Waals surface area contributed by atoms with Crippen LogP contribution >= 0.6 is 11.3 Å². The number of thiophene rings is 1. The van der Waals surface area contributed by atoms with Crippen molar-refractivity contribution in [1.29, 1.82) is 0 Å². The van der Waals surface area contributed by atoms with E-state index >= 15 is 0 Å². The predicted molar refractivity (Wildman–Crippen MR) is 61.8 cm³/mol. The Hall–Kier alpha value is -0.910. The van der Waals surface area contributed by atoms with E-state index in [1.54, 1.807) is 11.4 Å². The summed E-state index contributed by atoms with van der Waals surface area (Å²) in [6, 6.07) is 1.56. The van der Waals surface area contributed by atoms with Gasteiger partial charge in [-0.25, -0.2) is 4.79 Å². The SMILES string of the molecule is CC1CNCCC1(O)c1sccc1C(=O)O. The molecule has 0 radical (unpaired) electrons. The summed E-state index contributed by atoms with van der Waals surface area (Å²) in [4.78, 5) is 11.6. The number of aromatic carboxylic acids is 1. The number of nitrogens with one attached hydrogen (secondary N) is 1. The summed E-state index contributed by atoms with van der Waals surface area (Å²) in [6.07, 6.45) is 0.564. The molecule has 1 aliphatic heterocycles. The molecule has 0 amide bonds. The zero-order valence-electron chi connectivity index (χ0n) is 9.06. The van der Waals surface area contributed by atoms with Gasteiger partial charge in [0.2, 0.25) is 0 Å². The lowest BCUT2D eigenvalue weighted by molar-refractivity contribution is -0.0367. The van der Waals surface area contributed by atoms with E-state index in [-0.39, 0.29) is 11.5 Å². The summed E-state index contributed by atoms with van der Waals surface area (Å²) < 4.78 is 0. The summed E-state index contributed by atoms with van der Waals surface area (Å²) >= 11 is 1.33. The van der Waals surface area contributed by atoms with Gasteiger partial charge in [-0.05, 0) is 24.4 Å². The predicted octanol–water partition coefficient (Wildman–Crippen LogP) is 1.26. The van der Waals surface area contributed by atoms with E-state index in [9.17, 15) is 9.90 Å². The molecule has 1 fully saturated rings. The first-order valence-electron chi connectivity index (χ1n) is 5.30. The van der Waals surface area contributed by atoms with Crippen LogP contribution in [0.3, 0.4) is 0 Å². The second kappa shape index (κ2) is 4.16. The van der Waals surface area contributed by atoms with E-state index in [0.29, 0.717) is 17.8 Å². The van der Waals surface area contributed by atoms with Gasteiger partial charge >= 0.3 is 5.97 Å². The average molecular weight is 241 g/mol. The molecule has 0 spiro atoms. The molecule has 2 atom stereocenters. The fraction of sp³-hybridized carbons (Fsp3) is 0.545. The molecule has 0 aliphatic carbocycles. The summed E-state index contributed by atoms with van der Waals surface area (Å²) in [5, 5.41) is 24.6. The monoisotopic (exact) mass is 241 g/mol. The highest BCUT2D eigenvalue weighted by Crippen LogP contribution is 2.39. The number of hydrogen-bond donors (Lipinski definition) is 3. The highest BCUT2D eigenvalue weighted by molar-refractivity contribution is 7.10. The zero-order valence-corrected chi connectivity index (χ0v) is 9.88. The van der Waals surface area contributed by atoms with Gasteiger partial charge < -0.3 is 15.5 Å². The summed E-state index contributed by atoms with van der Waals surface area (Å²) in [7, 11) is 0. The molecule has 88 valence electrons. The molecule has 1 aromatic rings. The Morgan fingerprint density at radius 3 is 3.06 bits per heavy atom. The van der Waals surface area contributed by atoms with Crippen molar-refractivity contribution in [3.8, 4) is 0 Å². The van der Waals surface area contributed by atoms with E-state index in [1.165, 1.54) is 11.3 Å². The Kier molecular flexibility index (Phi) is 3.01. The number of carboxylic acid groups (broad SMARTS) is 1. The molecule has 0 aromatic carbocycles. The van der Waals surface area contributed by atoms with Crippen LogP contribution in [0.25, 0.3) is 0 Å². The lowest BCUT2D eigenvalue weighted by atomic mass is 9.80. The number of rotatable bonds is 2. The molecule has 0 saturated carbocycles. The van der Waals surface area contributed by atoms with Gasteiger partial charge in [-0.1, -0.05) is 6.92 Å². The van der Waals surface area contributed by atoms with Crippen LogP contribution in [0.15, 0.2) is 11.4 Å². The van der Waals surface area contributed by atoms with Gasteiger partial charge in [-0.2, -0.15) is 0 Å². The lowest BCUT2D eigenvalue weighted by Crippen LogP contribution is -2.46. The van der Waals surface area contributed by atoms with E-state index < -0.39 is 11.6 Å². The Balaban J connectivity index is 2.41. The van der Waals surface area contributed by atoms with Gasteiger partial charge in [0.1, 0.15) is 5.60 Å². The fourth-order valence-corrected chi connectivity index (χ4v) is 3.29. The summed E-state index contributed by atoms with van der Waals surface area (Å²) in [6.45, 7) is 3.38. The van der Waals surface area contributed by atoms with Crippen LogP contribution in [0.1, 0.15) is 28.6 Å². The maximum Gasteiger partial charge on any atom is 0.336 e. The van der Waals surface area contributed by atoms with Crippen LogP contribution < -0.4 is 5.32 Å². The molecule has 1 saturated heterocycles. The minimum absolute atomic E-state index is 0.0259. The molecule has 2 rings (SSSR count). The van der Waals surface area contributed by atoms with Gasteiger partial charge in [0.05, 0.1) is 10.4 Å². The highest BCUT2D eigenvalue weighted by Gasteiger charge is 2.41. The first-order valence-corrected chi connectivity index (χ1v) is 6.18. The first-order chi connectivity index (χ1) is 7.55. The molecule has 4 nitrogen and oxygen atoms in total. The van der Waals surface area contributed by atoms with Crippen molar-refractivity contribution in [3.63, 3.8) is 0 Å². The number of hydrogen-bond acceptors (Lipinski definition) is 4. The smallest absolute Gasteiger partial charge is 0.336 e. The van der Waals surface area contributed by atoms with Crippen molar-refractivity contribution in [3.05, 3.63) is 21.9 Å². The second-order valence-corrected chi connectivity index (χ2v) is 5.16. The standard InChI is InChI=1S/C11H15NO3S/c1-7-6-12-4-3-11(7,15)9-8(10(13)14)2-5-16-9/h2,5,7,12,15H,3-4,6H2,1H3,(H,13,14). The number of carboxylic acids is 1. The topological polar surface area (TPSA) is 69.6 Å². The quantitative estimate of drug-likeness (QED) is 0.729. The molecule has 0 bridgehead atoms. The van der Waals surface area contributed by atoms with Crippen molar-refractivity contribution >= 4 is 17.3 Å². The molecule has 1 aromatic heterocycles. The fourth-order valence-electron chi connectivity index (χ4n) is 2.16. The molecule has 16 heavy (non-hydrogen) atoms. The number of carbonyl (C=O) groups is 1. The van der Waals surface area contributed by atoms with Crippen molar-refractivity contribution in [2.45, 2.75) is 18.9 Å². The molecule has 3 N–H and O–H groups in total. The van der Waals surface area contributed by atoms with Crippen molar-refractivity contribution < 1.29 is 15.0 Å². The number of piperidine rings is 1. The third-order valence-electron chi connectivity index (χ3n) is 3.24. The van der Waals surface area contributed by atoms with E-state index in [2.05, 4.69) is 5.32 Å². The van der Waals surface area contributed by atoms with Crippen molar-refractivity contribution in [1.82, 2.24) is 5.32 Å².